The maximum atomic E-state index is 12.7. The molecular formula is C19H36N4O5. The first-order chi connectivity index (χ1) is 12.9. The highest BCUT2D eigenvalue weighted by molar-refractivity contribution is 5.93. The number of nitrogens with one attached hydrogen (secondary N) is 3. The summed E-state index contributed by atoms with van der Waals surface area (Å²) in [6, 6.07) is -2.78. The normalized spacial score (nSPS) is 14.5. The van der Waals surface area contributed by atoms with Crippen LogP contribution in [0.25, 0.3) is 0 Å². The first kappa shape index (κ1) is 25.8. The van der Waals surface area contributed by atoms with Gasteiger partial charge in [0.05, 0.1) is 6.54 Å². The summed E-state index contributed by atoms with van der Waals surface area (Å²) in [5, 5.41) is 17.1. The molecule has 0 aliphatic carbocycles. The molecule has 0 aliphatic heterocycles. The van der Waals surface area contributed by atoms with E-state index in [1.54, 1.807) is 13.8 Å². The van der Waals surface area contributed by atoms with Crippen LogP contribution in [-0.2, 0) is 19.2 Å². The molecule has 0 heterocycles. The van der Waals surface area contributed by atoms with Crippen LogP contribution in [0.2, 0.25) is 0 Å². The third kappa shape index (κ3) is 9.68. The van der Waals surface area contributed by atoms with E-state index in [4.69, 9.17) is 5.73 Å². The van der Waals surface area contributed by atoms with E-state index in [-0.39, 0.29) is 30.7 Å². The topological polar surface area (TPSA) is 151 Å². The molecule has 3 amide bonds. The van der Waals surface area contributed by atoms with Crippen molar-refractivity contribution in [3.05, 3.63) is 0 Å². The van der Waals surface area contributed by atoms with Gasteiger partial charge in [-0.25, -0.2) is 4.79 Å². The third-order valence-electron chi connectivity index (χ3n) is 4.11. The molecule has 0 rings (SSSR count). The van der Waals surface area contributed by atoms with E-state index in [9.17, 15) is 24.3 Å². The fourth-order valence-electron chi connectivity index (χ4n) is 2.70. The second-order valence-corrected chi connectivity index (χ2v) is 8.21. The van der Waals surface area contributed by atoms with Crippen LogP contribution < -0.4 is 21.7 Å². The van der Waals surface area contributed by atoms with Gasteiger partial charge < -0.3 is 26.8 Å². The Morgan fingerprint density at radius 1 is 0.786 bits per heavy atom. The fourth-order valence-corrected chi connectivity index (χ4v) is 2.70. The molecule has 28 heavy (non-hydrogen) atoms. The molecule has 0 spiro atoms. The molecule has 0 saturated heterocycles. The molecule has 0 aromatic rings. The Kier molecular flexibility index (Phi) is 11.4. The van der Waals surface area contributed by atoms with Gasteiger partial charge in [0.15, 0.2) is 0 Å². The number of aliphatic carboxylic acids is 1. The lowest BCUT2D eigenvalue weighted by Crippen LogP contribution is -2.57. The van der Waals surface area contributed by atoms with Gasteiger partial charge in [-0.3, -0.25) is 14.4 Å². The van der Waals surface area contributed by atoms with Gasteiger partial charge in [-0.15, -0.1) is 0 Å². The zero-order valence-corrected chi connectivity index (χ0v) is 17.7. The molecule has 9 heteroatoms. The van der Waals surface area contributed by atoms with Crippen LogP contribution >= 0.6 is 0 Å². The first-order valence-corrected chi connectivity index (χ1v) is 9.71. The van der Waals surface area contributed by atoms with E-state index in [0.29, 0.717) is 6.42 Å². The Labute approximate surface area is 167 Å². The smallest absolute Gasteiger partial charge is 0.326 e. The molecule has 0 aromatic heterocycles. The van der Waals surface area contributed by atoms with Gasteiger partial charge in [-0.05, 0) is 30.6 Å². The molecule has 9 nitrogen and oxygen atoms in total. The molecule has 0 radical (unpaired) electrons. The van der Waals surface area contributed by atoms with Gasteiger partial charge in [-0.1, -0.05) is 41.5 Å². The summed E-state index contributed by atoms with van der Waals surface area (Å²) in [7, 11) is 0. The summed E-state index contributed by atoms with van der Waals surface area (Å²) in [5.74, 6) is -2.70. The maximum Gasteiger partial charge on any atom is 0.326 e. The average Bonchev–Trinajstić information content (AvgIpc) is 2.56. The lowest BCUT2D eigenvalue weighted by molar-refractivity contribution is -0.143. The Bertz CT molecular complexity index is 548. The minimum Gasteiger partial charge on any atom is -0.480 e. The summed E-state index contributed by atoms with van der Waals surface area (Å²) in [6.07, 6.45) is 0.617. The number of amides is 3. The molecule has 162 valence electrons. The third-order valence-corrected chi connectivity index (χ3v) is 4.11. The number of nitrogens with two attached hydrogens (primary N) is 1. The number of carbonyl (C=O) groups excluding carboxylic acids is 3. The van der Waals surface area contributed by atoms with E-state index in [1.807, 2.05) is 27.7 Å². The number of carbonyl (C=O) groups is 4. The van der Waals surface area contributed by atoms with Crippen molar-refractivity contribution in [3.63, 3.8) is 0 Å². The van der Waals surface area contributed by atoms with Gasteiger partial charge in [0.2, 0.25) is 17.7 Å². The summed E-state index contributed by atoms with van der Waals surface area (Å²) >= 11 is 0. The van der Waals surface area contributed by atoms with Crippen molar-refractivity contribution in [3.8, 4) is 0 Å². The Morgan fingerprint density at radius 2 is 1.25 bits per heavy atom. The van der Waals surface area contributed by atoms with Crippen LogP contribution in [0.3, 0.4) is 0 Å². The average molecular weight is 401 g/mol. The highest BCUT2D eigenvalue weighted by Crippen LogP contribution is 2.10. The monoisotopic (exact) mass is 400 g/mol. The lowest BCUT2D eigenvalue weighted by atomic mass is 9.99. The predicted molar refractivity (Wildman–Crippen MR) is 106 cm³/mol. The zero-order valence-electron chi connectivity index (χ0n) is 17.7. The van der Waals surface area contributed by atoms with E-state index in [2.05, 4.69) is 16.0 Å². The van der Waals surface area contributed by atoms with Crippen LogP contribution in [0.1, 0.15) is 54.4 Å². The largest absolute Gasteiger partial charge is 0.480 e. The second-order valence-electron chi connectivity index (χ2n) is 8.21. The number of hydrogen-bond donors (Lipinski definition) is 5. The van der Waals surface area contributed by atoms with Gasteiger partial charge in [0.1, 0.15) is 18.1 Å². The van der Waals surface area contributed by atoms with Gasteiger partial charge in [0, 0.05) is 0 Å². The minimum atomic E-state index is -1.12. The molecule has 0 aromatic carbocycles. The molecular weight excluding hydrogens is 364 g/mol. The lowest BCUT2D eigenvalue weighted by Gasteiger charge is -2.27. The van der Waals surface area contributed by atoms with Crippen molar-refractivity contribution in [2.24, 2.45) is 23.5 Å². The van der Waals surface area contributed by atoms with Crippen molar-refractivity contribution in [2.75, 3.05) is 6.54 Å². The summed E-state index contributed by atoms with van der Waals surface area (Å²) in [5.41, 5.74) is 5.30. The first-order valence-electron chi connectivity index (χ1n) is 9.71. The number of rotatable bonds is 12. The fraction of sp³-hybridized carbons (Fsp3) is 0.789. The van der Waals surface area contributed by atoms with Gasteiger partial charge >= 0.3 is 5.97 Å². The van der Waals surface area contributed by atoms with Crippen molar-refractivity contribution < 1.29 is 24.3 Å². The van der Waals surface area contributed by atoms with Crippen molar-refractivity contribution in [2.45, 2.75) is 72.5 Å². The van der Waals surface area contributed by atoms with Crippen molar-refractivity contribution >= 4 is 23.7 Å². The number of carboxylic acid groups (broad SMARTS) is 1. The highest BCUT2D eigenvalue weighted by Gasteiger charge is 2.31. The molecule has 6 N–H and O–H groups in total. The standard InChI is InChI=1S/C19H36N4O5/c1-10(2)7-13(17(25)22-14(19(27)28)8-11(3)4)21-18(26)16(12(5)6)23-15(24)9-20/h10-14,16H,7-9,20H2,1-6H3,(H,21,26)(H,22,25)(H,23,24)(H,27,28). The van der Waals surface area contributed by atoms with Gasteiger partial charge in [0.25, 0.3) is 0 Å². The van der Waals surface area contributed by atoms with E-state index >= 15 is 0 Å². The van der Waals surface area contributed by atoms with Crippen molar-refractivity contribution in [1.82, 2.24) is 16.0 Å². The summed E-state index contributed by atoms with van der Waals surface area (Å²) in [6.45, 7) is 10.8. The maximum absolute atomic E-state index is 12.7. The molecule has 0 saturated carbocycles. The molecule has 0 fully saturated rings. The van der Waals surface area contributed by atoms with E-state index < -0.39 is 41.8 Å². The molecule has 3 atom stereocenters. The van der Waals surface area contributed by atoms with Crippen LogP contribution in [0.15, 0.2) is 0 Å². The predicted octanol–water partition coefficient (Wildman–Crippen LogP) is 0.232. The number of carboxylic acids is 1. The Morgan fingerprint density at radius 3 is 1.64 bits per heavy atom. The van der Waals surface area contributed by atoms with E-state index in [1.165, 1.54) is 0 Å². The van der Waals surface area contributed by atoms with Gasteiger partial charge in [-0.2, -0.15) is 0 Å². The summed E-state index contributed by atoms with van der Waals surface area (Å²) in [4.78, 5) is 48.4. The van der Waals surface area contributed by atoms with Crippen LogP contribution in [-0.4, -0.2) is 53.5 Å². The molecule has 0 bridgehead atoms. The van der Waals surface area contributed by atoms with Crippen molar-refractivity contribution in [1.29, 1.82) is 0 Å². The number of hydrogen-bond acceptors (Lipinski definition) is 5. The molecule has 0 aliphatic rings. The second kappa shape index (κ2) is 12.3. The van der Waals surface area contributed by atoms with Crippen LogP contribution in [0, 0.1) is 17.8 Å². The molecule has 3 unspecified atom stereocenters. The van der Waals surface area contributed by atoms with Crippen LogP contribution in [0.5, 0.6) is 0 Å². The minimum absolute atomic E-state index is 0.0799. The highest BCUT2D eigenvalue weighted by atomic mass is 16.4. The Hall–Kier alpha value is -2.16. The quantitative estimate of drug-likeness (QED) is 0.316. The Balaban J connectivity index is 5.32. The van der Waals surface area contributed by atoms with E-state index in [0.717, 1.165) is 0 Å². The van der Waals surface area contributed by atoms with Crippen LogP contribution in [0.4, 0.5) is 0 Å². The summed E-state index contributed by atoms with van der Waals surface area (Å²) < 4.78 is 0. The zero-order chi connectivity index (χ0) is 22.0. The SMILES string of the molecule is CC(C)CC(NC(=O)C(CC(C)C)NC(=O)C(NC(=O)CN)C(C)C)C(=O)O.